The van der Waals surface area contributed by atoms with Crippen LogP contribution in [-0.2, 0) is 11.2 Å². The second kappa shape index (κ2) is 5.71. The molecule has 0 saturated carbocycles. The molecule has 0 fully saturated rings. The van der Waals surface area contributed by atoms with E-state index in [0.717, 1.165) is 24.9 Å². The molecule has 1 heterocycles. The molecule has 1 N–H and O–H groups in total. The van der Waals surface area contributed by atoms with E-state index in [1.54, 1.807) is 0 Å². The number of aromatic nitrogens is 1. The Morgan fingerprint density at radius 1 is 1.33 bits per heavy atom. The fraction of sp³-hybridized carbons (Fsp3) is 0.400. The molecule has 1 aromatic carbocycles. The van der Waals surface area contributed by atoms with Crippen molar-refractivity contribution in [1.82, 2.24) is 9.88 Å². The van der Waals surface area contributed by atoms with Gasteiger partial charge in [0.15, 0.2) is 0 Å². The van der Waals surface area contributed by atoms with E-state index < -0.39 is 0 Å². The Morgan fingerprint density at radius 3 is 2.89 bits per heavy atom. The number of para-hydroxylation sites is 1. The Kier molecular flexibility index (Phi) is 4.03. The van der Waals surface area contributed by atoms with E-state index in [4.69, 9.17) is 0 Å². The topological polar surface area (TPSA) is 36.1 Å². The maximum absolute atomic E-state index is 11.9. The maximum Gasteiger partial charge on any atom is 0.222 e. The second-order valence-electron chi connectivity index (χ2n) is 4.67. The zero-order valence-electron chi connectivity index (χ0n) is 11.1. The third kappa shape index (κ3) is 2.73. The van der Waals surface area contributed by atoms with E-state index in [1.165, 1.54) is 10.9 Å². The summed E-state index contributed by atoms with van der Waals surface area (Å²) in [7, 11) is 1.88. The molecule has 0 atom stereocenters. The normalized spacial score (nSPS) is 10.8. The van der Waals surface area contributed by atoms with Gasteiger partial charge < -0.3 is 9.88 Å². The standard InChI is InChI=1S/C15H20N2O/c1-3-10-17(2)15(18)9-8-12-11-16-14-7-5-4-6-13(12)14/h4-7,11,16H,3,8-10H2,1-2H3. The number of carbonyl (C=O) groups is 1. The second-order valence-corrected chi connectivity index (χ2v) is 4.67. The average Bonchev–Trinajstić information content (AvgIpc) is 2.79. The molecule has 0 aliphatic rings. The van der Waals surface area contributed by atoms with Gasteiger partial charge in [-0.2, -0.15) is 0 Å². The zero-order chi connectivity index (χ0) is 13.0. The van der Waals surface area contributed by atoms with Crippen LogP contribution in [0.1, 0.15) is 25.3 Å². The first-order chi connectivity index (χ1) is 8.72. The molecule has 2 aromatic rings. The fourth-order valence-corrected chi connectivity index (χ4v) is 2.23. The Hall–Kier alpha value is -1.77. The number of fused-ring (bicyclic) bond motifs is 1. The number of amides is 1. The van der Waals surface area contributed by atoms with Crippen molar-refractivity contribution in [2.45, 2.75) is 26.2 Å². The first-order valence-corrected chi connectivity index (χ1v) is 6.51. The summed E-state index contributed by atoms with van der Waals surface area (Å²) in [4.78, 5) is 16.9. The summed E-state index contributed by atoms with van der Waals surface area (Å²) in [6.45, 7) is 2.93. The maximum atomic E-state index is 11.9. The van der Waals surface area contributed by atoms with Gasteiger partial charge in [0.2, 0.25) is 5.91 Å². The third-order valence-electron chi connectivity index (χ3n) is 3.27. The highest BCUT2D eigenvalue weighted by Crippen LogP contribution is 2.19. The lowest BCUT2D eigenvalue weighted by Crippen LogP contribution is -2.27. The van der Waals surface area contributed by atoms with Crippen molar-refractivity contribution in [3.8, 4) is 0 Å². The van der Waals surface area contributed by atoms with Crippen LogP contribution >= 0.6 is 0 Å². The molecule has 96 valence electrons. The number of aromatic amines is 1. The fourth-order valence-electron chi connectivity index (χ4n) is 2.23. The average molecular weight is 244 g/mol. The lowest BCUT2D eigenvalue weighted by atomic mass is 10.1. The highest BCUT2D eigenvalue weighted by Gasteiger charge is 2.09. The van der Waals surface area contributed by atoms with E-state index in [9.17, 15) is 4.79 Å². The summed E-state index contributed by atoms with van der Waals surface area (Å²) in [5.41, 5.74) is 2.37. The van der Waals surface area contributed by atoms with Crippen LogP contribution in [0.2, 0.25) is 0 Å². The highest BCUT2D eigenvalue weighted by molar-refractivity contribution is 5.84. The van der Waals surface area contributed by atoms with Crippen molar-refractivity contribution in [3.05, 3.63) is 36.0 Å². The van der Waals surface area contributed by atoms with E-state index in [0.29, 0.717) is 6.42 Å². The van der Waals surface area contributed by atoms with Gasteiger partial charge in [-0.05, 0) is 24.5 Å². The smallest absolute Gasteiger partial charge is 0.222 e. The van der Waals surface area contributed by atoms with Crippen LogP contribution in [-0.4, -0.2) is 29.4 Å². The number of hydrogen-bond acceptors (Lipinski definition) is 1. The van der Waals surface area contributed by atoms with Crippen LogP contribution in [0.25, 0.3) is 10.9 Å². The van der Waals surface area contributed by atoms with Gasteiger partial charge in [0.1, 0.15) is 0 Å². The van der Waals surface area contributed by atoms with E-state index in [-0.39, 0.29) is 5.91 Å². The SMILES string of the molecule is CCCN(C)C(=O)CCc1c[nH]c2ccccc12. The Balaban J connectivity index is 2.00. The van der Waals surface area contributed by atoms with Crippen LogP contribution in [0.5, 0.6) is 0 Å². The number of carbonyl (C=O) groups excluding carboxylic acids is 1. The van der Waals surface area contributed by atoms with Crippen molar-refractivity contribution in [1.29, 1.82) is 0 Å². The lowest BCUT2D eigenvalue weighted by Gasteiger charge is -2.15. The summed E-state index contributed by atoms with van der Waals surface area (Å²) >= 11 is 0. The molecule has 0 radical (unpaired) electrons. The minimum absolute atomic E-state index is 0.224. The van der Waals surface area contributed by atoms with Gasteiger partial charge >= 0.3 is 0 Å². The molecule has 0 bridgehead atoms. The number of aryl methyl sites for hydroxylation is 1. The minimum Gasteiger partial charge on any atom is -0.361 e. The van der Waals surface area contributed by atoms with Gasteiger partial charge in [0.05, 0.1) is 0 Å². The lowest BCUT2D eigenvalue weighted by molar-refractivity contribution is -0.129. The van der Waals surface area contributed by atoms with Gasteiger partial charge in [0.25, 0.3) is 0 Å². The number of nitrogens with one attached hydrogen (secondary N) is 1. The minimum atomic E-state index is 0.224. The van der Waals surface area contributed by atoms with E-state index in [2.05, 4.69) is 24.0 Å². The third-order valence-corrected chi connectivity index (χ3v) is 3.27. The number of hydrogen-bond donors (Lipinski definition) is 1. The first kappa shape index (κ1) is 12.7. The summed E-state index contributed by atoms with van der Waals surface area (Å²) in [5.74, 6) is 0.224. The Labute approximate surface area is 108 Å². The molecular formula is C15H20N2O. The molecule has 0 unspecified atom stereocenters. The molecule has 2 rings (SSSR count). The highest BCUT2D eigenvalue weighted by atomic mass is 16.2. The summed E-state index contributed by atoms with van der Waals surface area (Å²) in [6, 6.07) is 8.21. The molecule has 0 aliphatic carbocycles. The predicted octanol–water partition coefficient (Wildman–Crippen LogP) is 2.97. The summed E-state index contributed by atoms with van der Waals surface area (Å²) in [5, 5.41) is 1.23. The van der Waals surface area contributed by atoms with Crippen LogP contribution < -0.4 is 0 Å². The first-order valence-electron chi connectivity index (χ1n) is 6.51. The molecule has 1 aromatic heterocycles. The van der Waals surface area contributed by atoms with Gasteiger partial charge in [-0.15, -0.1) is 0 Å². The van der Waals surface area contributed by atoms with Gasteiger partial charge in [0, 0.05) is 37.1 Å². The number of nitrogens with zero attached hydrogens (tertiary/aromatic N) is 1. The van der Waals surface area contributed by atoms with Crippen molar-refractivity contribution < 1.29 is 4.79 Å². The van der Waals surface area contributed by atoms with Crippen LogP contribution in [0.3, 0.4) is 0 Å². The van der Waals surface area contributed by atoms with E-state index >= 15 is 0 Å². The Morgan fingerprint density at radius 2 is 2.11 bits per heavy atom. The van der Waals surface area contributed by atoms with Gasteiger partial charge in [-0.1, -0.05) is 25.1 Å². The van der Waals surface area contributed by atoms with E-state index in [1.807, 2.05) is 30.3 Å². The number of H-pyrrole nitrogens is 1. The number of benzene rings is 1. The molecule has 3 heteroatoms. The van der Waals surface area contributed by atoms with Crippen LogP contribution in [0, 0.1) is 0 Å². The largest absolute Gasteiger partial charge is 0.361 e. The quantitative estimate of drug-likeness (QED) is 0.862. The summed E-state index contributed by atoms with van der Waals surface area (Å²) in [6.07, 6.45) is 4.41. The zero-order valence-corrected chi connectivity index (χ0v) is 11.1. The summed E-state index contributed by atoms with van der Waals surface area (Å²) < 4.78 is 0. The molecule has 18 heavy (non-hydrogen) atoms. The molecule has 3 nitrogen and oxygen atoms in total. The molecule has 0 aliphatic heterocycles. The van der Waals surface area contributed by atoms with Crippen LogP contribution in [0.4, 0.5) is 0 Å². The predicted molar refractivity (Wildman–Crippen MR) is 74.5 cm³/mol. The van der Waals surface area contributed by atoms with Gasteiger partial charge in [-0.25, -0.2) is 0 Å². The molecule has 1 amide bonds. The molecular weight excluding hydrogens is 224 g/mol. The Bertz CT molecular complexity index is 530. The van der Waals surface area contributed by atoms with Crippen molar-refractivity contribution in [2.24, 2.45) is 0 Å². The van der Waals surface area contributed by atoms with Crippen LogP contribution in [0.15, 0.2) is 30.5 Å². The van der Waals surface area contributed by atoms with Crippen molar-refractivity contribution >= 4 is 16.8 Å². The van der Waals surface area contributed by atoms with Crippen molar-refractivity contribution in [3.63, 3.8) is 0 Å². The molecule has 0 saturated heterocycles. The molecule has 0 spiro atoms. The van der Waals surface area contributed by atoms with Gasteiger partial charge in [-0.3, -0.25) is 4.79 Å². The monoisotopic (exact) mass is 244 g/mol. The number of rotatable bonds is 5. The van der Waals surface area contributed by atoms with Crippen molar-refractivity contribution in [2.75, 3.05) is 13.6 Å².